The van der Waals surface area contributed by atoms with Crippen LogP contribution in [0.25, 0.3) is 0 Å². The van der Waals surface area contributed by atoms with Gasteiger partial charge in [-0.05, 0) is 49.9 Å². The Hall–Kier alpha value is -1.91. The van der Waals surface area contributed by atoms with Crippen molar-refractivity contribution in [3.63, 3.8) is 0 Å². The van der Waals surface area contributed by atoms with E-state index in [1.54, 1.807) is 4.90 Å². The van der Waals surface area contributed by atoms with Gasteiger partial charge in [0.05, 0.1) is 18.2 Å². The molecule has 0 unspecified atom stereocenters. The molecule has 6 nitrogen and oxygen atoms in total. The van der Waals surface area contributed by atoms with Gasteiger partial charge in [-0.3, -0.25) is 14.9 Å². The molecular weight excluding hydrogens is 372 g/mol. The highest BCUT2D eigenvalue weighted by Gasteiger charge is 2.38. The van der Waals surface area contributed by atoms with Crippen LogP contribution in [0.15, 0.2) is 28.7 Å². The van der Waals surface area contributed by atoms with Gasteiger partial charge in [-0.1, -0.05) is 15.9 Å². The first-order valence-corrected chi connectivity index (χ1v) is 8.90. The molecule has 2 amide bonds. The van der Waals surface area contributed by atoms with E-state index in [1.165, 1.54) is 0 Å². The summed E-state index contributed by atoms with van der Waals surface area (Å²) < 4.78 is 0.947. The number of nitrogens with one attached hydrogen (secondary N) is 2. The molecule has 2 aliphatic heterocycles. The average Bonchev–Trinajstić information content (AvgIpc) is 3.25. The molecule has 2 aliphatic rings. The van der Waals surface area contributed by atoms with Gasteiger partial charge in [0, 0.05) is 16.7 Å². The zero-order chi connectivity index (χ0) is 17.1. The molecule has 2 N–H and O–H groups in total. The van der Waals surface area contributed by atoms with Gasteiger partial charge in [-0.2, -0.15) is 5.26 Å². The average molecular weight is 391 g/mol. The zero-order valence-corrected chi connectivity index (χ0v) is 14.8. The minimum Gasteiger partial charge on any atom is -0.325 e. The predicted molar refractivity (Wildman–Crippen MR) is 93.1 cm³/mol. The summed E-state index contributed by atoms with van der Waals surface area (Å²) in [6, 6.07) is 8.46. The Morgan fingerprint density at radius 2 is 1.92 bits per heavy atom. The van der Waals surface area contributed by atoms with Gasteiger partial charge in [-0.25, -0.2) is 0 Å². The Bertz CT molecular complexity index is 670. The summed E-state index contributed by atoms with van der Waals surface area (Å²) in [5.41, 5.74) is 0.726. The second-order valence-electron chi connectivity index (χ2n) is 6.16. The molecule has 1 aromatic carbocycles. The smallest absolute Gasteiger partial charge is 0.241 e. The van der Waals surface area contributed by atoms with E-state index in [-0.39, 0.29) is 29.9 Å². The summed E-state index contributed by atoms with van der Waals surface area (Å²) in [6.45, 7) is 0.630. The third-order valence-corrected chi connectivity index (χ3v) is 5.09. The summed E-state index contributed by atoms with van der Waals surface area (Å²) in [4.78, 5) is 26.5. The largest absolute Gasteiger partial charge is 0.325 e. The molecule has 0 saturated carbocycles. The van der Waals surface area contributed by atoms with Crippen LogP contribution >= 0.6 is 15.9 Å². The Kier molecular flexibility index (Phi) is 5.17. The van der Waals surface area contributed by atoms with Crippen molar-refractivity contribution in [3.05, 3.63) is 28.7 Å². The normalized spacial score (nSPS) is 26.2. The zero-order valence-electron chi connectivity index (χ0n) is 13.2. The van der Waals surface area contributed by atoms with Crippen LogP contribution in [0.3, 0.4) is 0 Å². The fraction of sp³-hybridized carbons (Fsp3) is 0.471. The fourth-order valence-corrected chi connectivity index (χ4v) is 3.54. The first-order chi connectivity index (χ1) is 11.6. The highest BCUT2D eigenvalue weighted by atomic mass is 79.9. The number of hydrogen-bond acceptors (Lipinski definition) is 4. The molecule has 0 bridgehead atoms. The van der Waals surface area contributed by atoms with Crippen LogP contribution in [0, 0.1) is 11.3 Å². The highest BCUT2D eigenvalue weighted by molar-refractivity contribution is 9.10. The molecule has 3 rings (SSSR count). The third kappa shape index (κ3) is 3.60. The molecule has 0 spiro atoms. The van der Waals surface area contributed by atoms with Gasteiger partial charge >= 0.3 is 0 Å². The van der Waals surface area contributed by atoms with Crippen molar-refractivity contribution < 1.29 is 9.59 Å². The lowest BCUT2D eigenvalue weighted by atomic mass is 10.1. The van der Waals surface area contributed by atoms with Gasteiger partial charge in [-0.15, -0.1) is 0 Å². The lowest BCUT2D eigenvalue weighted by Crippen LogP contribution is -2.48. The predicted octanol–water partition coefficient (Wildman–Crippen LogP) is 2.02. The molecule has 0 aliphatic carbocycles. The summed E-state index contributed by atoms with van der Waals surface area (Å²) in [7, 11) is 0. The molecule has 1 aromatic rings. The number of nitrogens with zero attached hydrogens (tertiary/aromatic N) is 2. The van der Waals surface area contributed by atoms with Crippen LogP contribution in [0.1, 0.15) is 25.7 Å². The standard InChI is InChI=1S/C17H19BrN4O2/c18-11-3-5-12(6-4-11)20-16(23)14-7-8-15(21-14)17(24)22-9-1-2-13(22)10-19/h3-6,13-15,21H,1-2,7-9H2,(H,20,23)/t13-,14+,15-/m0/s1. The van der Waals surface area contributed by atoms with Crippen LogP contribution < -0.4 is 10.6 Å². The van der Waals surface area contributed by atoms with Crippen molar-refractivity contribution in [2.45, 2.75) is 43.8 Å². The summed E-state index contributed by atoms with van der Waals surface area (Å²) in [5.74, 6) is -0.191. The van der Waals surface area contributed by atoms with Gasteiger partial charge in [0.15, 0.2) is 0 Å². The Morgan fingerprint density at radius 1 is 1.21 bits per heavy atom. The first kappa shape index (κ1) is 16.9. The summed E-state index contributed by atoms with van der Waals surface area (Å²) in [5, 5.41) is 15.1. The molecule has 24 heavy (non-hydrogen) atoms. The van der Waals surface area contributed by atoms with Crippen LogP contribution in [0.2, 0.25) is 0 Å². The SMILES string of the molecule is N#C[C@@H]1CCCN1C(=O)[C@@H]1CC[C@H](C(=O)Nc2ccc(Br)cc2)N1. The number of likely N-dealkylation sites (tertiary alicyclic amines) is 1. The van der Waals surface area contributed by atoms with Crippen molar-refractivity contribution in [2.75, 3.05) is 11.9 Å². The summed E-state index contributed by atoms with van der Waals surface area (Å²) in [6.07, 6.45) is 2.84. The maximum Gasteiger partial charge on any atom is 0.241 e. The molecule has 2 fully saturated rings. The van der Waals surface area contributed by atoms with Crippen molar-refractivity contribution in [1.29, 1.82) is 5.26 Å². The topological polar surface area (TPSA) is 85.2 Å². The number of benzene rings is 1. The lowest BCUT2D eigenvalue weighted by molar-refractivity contribution is -0.133. The molecule has 126 valence electrons. The van der Waals surface area contributed by atoms with Crippen LogP contribution in [0.5, 0.6) is 0 Å². The van der Waals surface area contributed by atoms with E-state index in [9.17, 15) is 9.59 Å². The number of rotatable bonds is 3. The fourth-order valence-electron chi connectivity index (χ4n) is 3.27. The van der Waals surface area contributed by atoms with E-state index in [0.717, 1.165) is 23.0 Å². The van der Waals surface area contributed by atoms with E-state index in [2.05, 4.69) is 32.6 Å². The van der Waals surface area contributed by atoms with Crippen LogP contribution in [0.4, 0.5) is 5.69 Å². The monoisotopic (exact) mass is 390 g/mol. The second-order valence-corrected chi connectivity index (χ2v) is 7.08. The number of nitriles is 1. The van der Waals surface area contributed by atoms with Crippen LogP contribution in [-0.2, 0) is 9.59 Å². The van der Waals surface area contributed by atoms with Crippen molar-refractivity contribution >= 4 is 33.4 Å². The number of amides is 2. The van der Waals surface area contributed by atoms with E-state index < -0.39 is 0 Å². The van der Waals surface area contributed by atoms with E-state index in [4.69, 9.17) is 5.26 Å². The number of carbonyl (C=O) groups excluding carboxylic acids is 2. The number of anilines is 1. The molecule has 0 radical (unpaired) electrons. The minimum absolute atomic E-state index is 0.0574. The van der Waals surface area contributed by atoms with E-state index in [0.29, 0.717) is 19.4 Å². The summed E-state index contributed by atoms with van der Waals surface area (Å²) >= 11 is 3.35. The lowest BCUT2D eigenvalue weighted by Gasteiger charge is -2.23. The Labute approximate surface area is 149 Å². The van der Waals surface area contributed by atoms with Gasteiger partial charge < -0.3 is 10.2 Å². The van der Waals surface area contributed by atoms with E-state index in [1.807, 2.05) is 24.3 Å². The van der Waals surface area contributed by atoms with Gasteiger partial charge in [0.25, 0.3) is 0 Å². The van der Waals surface area contributed by atoms with Crippen molar-refractivity contribution in [2.24, 2.45) is 0 Å². The van der Waals surface area contributed by atoms with Crippen LogP contribution in [-0.4, -0.2) is 41.4 Å². The molecule has 3 atom stereocenters. The van der Waals surface area contributed by atoms with Crippen molar-refractivity contribution in [3.8, 4) is 6.07 Å². The first-order valence-electron chi connectivity index (χ1n) is 8.11. The van der Waals surface area contributed by atoms with Gasteiger partial charge in [0.2, 0.25) is 11.8 Å². The maximum atomic E-state index is 12.6. The van der Waals surface area contributed by atoms with E-state index >= 15 is 0 Å². The molecule has 2 heterocycles. The molecule has 7 heteroatoms. The highest BCUT2D eigenvalue weighted by Crippen LogP contribution is 2.22. The molecule has 0 aromatic heterocycles. The Morgan fingerprint density at radius 3 is 2.62 bits per heavy atom. The number of halogens is 1. The van der Waals surface area contributed by atoms with Gasteiger partial charge in [0.1, 0.15) is 6.04 Å². The quantitative estimate of drug-likeness (QED) is 0.826. The molecule has 2 saturated heterocycles. The number of carbonyl (C=O) groups is 2. The van der Waals surface area contributed by atoms with Crippen molar-refractivity contribution in [1.82, 2.24) is 10.2 Å². The minimum atomic E-state index is -0.384. The number of hydrogen-bond donors (Lipinski definition) is 2. The third-order valence-electron chi connectivity index (χ3n) is 4.56. The maximum absolute atomic E-state index is 12.6. The second kappa shape index (κ2) is 7.32. The molecular formula is C17H19BrN4O2. The Balaban J connectivity index is 1.56.